The standard InChI is InChI=1S/C13H16BrN.C13H17N.C11H16.C10H14.CH4/c1-8-5-9-6-12(13(2,3)4)15-11(9)7-10(8)14;1-9-5-6-10-8-12(13(2,3)4)14-11(10)7-9;1-9-5-7-10(8-6-9)11(2,3)4;1-10(2,3)9-7-5-4-6-8-9;/h5-7,15H,1-4H3;5-8,14H,1-4H3;5-8H,1-4H3;4-8H,1-3H3;1H4. The highest BCUT2D eigenvalue weighted by Gasteiger charge is 2.17. The minimum absolute atomic E-state index is 0. The molecule has 2 nitrogen and oxygen atoms in total. The summed E-state index contributed by atoms with van der Waals surface area (Å²) in [7, 11) is 0. The lowest BCUT2D eigenvalue weighted by Crippen LogP contribution is -2.10. The van der Waals surface area contributed by atoms with Crippen molar-refractivity contribution in [1.29, 1.82) is 0 Å². The predicted molar refractivity (Wildman–Crippen MR) is 233 cm³/mol. The van der Waals surface area contributed by atoms with Crippen LogP contribution in [-0.2, 0) is 21.7 Å². The second-order valence-electron chi connectivity index (χ2n) is 17.9. The Bertz CT molecular complexity index is 1900. The van der Waals surface area contributed by atoms with E-state index >= 15 is 0 Å². The van der Waals surface area contributed by atoms with Crippen molar-refractivity contribution in [2.75, 3.05) is 0 Å². The van der Waals surface area contributed by atoms with E-state index in [0.717, 1.165) is 4.47 Å². The highest BCUT2D eigenvalue weighted by atomic mass is 79.9. The largest absolute Gasteiger partial charge is 0.358 e. The predicted octanol–water partition coefficient (Wildman–Crippen LogP) is 15.2. The lowest BCUT2D eigenvalue weighted by atomic mass is 9.87. The Balaban J connectivity index is 0.000000237. The third-order valence-corrected chi connectivity index (χ3v) is 9.71. The highest BCUT2D eigenvalue weighted by Crippen LogP contribution is 2.30. The number of halogens is 1. The van der Waals surface area contributed by atoms with Crippen LogP contribution in [0.4, 0.5) is 0 Å². The van der Waals surface area contributed by atoms with Crippen molar-refractivity contribution in [3.63, 3.8) is 0 Å². The number of fused-ring (bicyclic) bond motifs is 2. The zero-order valence-electron chi connectivity index (χ0n) is 33.6. The van der Waals surface area contributed by atoms with E-state index in [1.165, 1.54) is 61.0 Å². The molecule has 276 valence electrons. The van der Waals surface area contributed by atoms with Crippen LogP contribution in [0, 0.1) is 20.8 Å². The van der Waals surface area contributed by atoms with E-state index in [1.54, 1.807) is 0 Å². The number of benzene rings is 4. The van der Waals surface area contributed by atoms with Gasteiger partial charge in [-0.1, -0.05) is 179 Å². The zero-order chi connectivity index (χ0) is 37.7. The van der Waals surface area contributed by atoms with Gasteiger partial charge in [0.2, 0.25) is 0 Å². The van der Waals surface area contributed by atoms with Gasteiger partial charge < -0.3 is 9.97 Å². The number of nitrogens with one attached hydrogen (secondary N) is 2. The average molecular weight is 752 g/mol. The van der Waals surface area contributed by atoms with Gasteiger partial charge in [0.05, 0.1) is 0 Å². The van der Waals surface area contributed by atoms with Gasteiger partial charge in [0.1, 0.15) is 0 Å². The average Bonchev–Trinajstić information content (AvgIpc) is 3.62. The topological polar surface area (TPSA) is 31.6 Å². The molecular formula is C48H67BrN2. The summed E-state index contributed by atoms with van der Waals surface area (Å²) in [5.74, 6) is 0. The van der Waals surface area contributed by atoms with Crippen LogP contribution >= 0.6 is 15.9 Å². The van der Waals surface area contributed by atoms with Crippen molar-refractivity contribution in [3.8, 4) is 0 Å². The molecule has 6 rings (SSSR count). The molecule has 0 bridgehead atoms. The minimum Gasteiger partial charge on any atom is -0.358 e. The molecule has 2 N–H and O–H groups in total. The molecule has 0 atom stereocenters. The number of hydrogen-bond donors (Lipinski definition) is 2. The number of hydrogen-bond acceptors (Lipinski definition) is 0. The van der Waals surface area contributed by atoms with Gasteiger partial charge in [-0.15, -0.1) is 0 Å². The molecule has 0 aliphatic rings. The SMILES string of the molecule is C.CC(C)(C)c1ccccc1.Cc1cc2cc(C(C)(C)C)[nH]c2cc1Br.Cc1ccc(C(C)(C)C)cc1.Cc1ccc2cc(C(C)(C)C)[nH]c2c1. The zero-order valence-corrected chi connectivity index (χ0v) is 35.2. The molecule has 0 spiro atoms. The molecule has 0 saturated carbocycles. The van der Waals surface area contributed by atoms with Crippen LogP contribution in [-0.4, -0.2) is 9.97 Å². The van der Waals surface area contributed by atoms with E-state index in [-0.39, 0.29) is 23.7 Å². The van der Waals surface area contributed by atoms with Crippen molar-refractivity contribution in [1.82, 2.24) is 9.97 Å². The van der Waals surface area contributed by atoms with Gasteiger partial charge in [0.15, 0.2) is 0 Å². The maximum atomic E-state index is 3.56. The van der Waals surface area contributed by atoms with Crippen LogP contribution in [0.2, 0.25) is 0 Å². The van der Waals surface area contributed by atoms with E-state index in [2.05, 4.69) is 227 Å². The number of aromatic amines is 2. The smallest absolute Gasteiger partial charge is 0.0467 e. The Morgan fingerprint density at radius 1 is 0.431 bits per heavy atom. The summed E-state index contributed by atoms with van der Waals surface area (Å²) < 4.78 is 1.16. The minimum atomic E-state index is 0. The molecule has 0 aliphatic carbocycles. The summed E-state index contributed by atoms with van der Waals surface area (Å²) in [5.41, 5.74) is 12.7. The molecule has 0 saturated heterocycles. The van der Waals surface area contributed by atoms with Gasteiger partial charge in [-0.3, -0.25) is 0 Å². The van der Waals surface area contributed by atoms with E-state index in [4.69, 9.17) is 0 Å². The maximum absolute atomic E-state index is 3.56. The normalized spacial score (nSPS) is 11.8. The summed E-state index contributed by atoms with van der Waals surface area (Å²) in [5, 5.41) is 2.60. The van der Waals surface area contributed by atoms with Crippen molar-refractivity contribution >= 4 is 37.7 Å². The third-order valence-electron chi connectivity index (χ3n) is 8.85. The maximum Gasteiger partial charge on any atom is 0.0467 e. The number of H-pyrrole nitrogens is 2. The Morgan fingerprint density at radius 3 is 1.31 bits per heavy atom. The molecule has 3 heteroatoms. The van der Waals surface area contributed by atoms with Gasteiger partial charge in [0, 0.05) is 43.1 Å². The van der Waals surface area contributed by atoms with Crippen LogP contribution in [0.5, 0.6) is 0 Å². The molecule has 2 heterocycles. The molecule has 0 radical (unpaired) electrons. The fraction of sp³-hybridized carbons (Fsp3) is 0.417. The number of rotatable bonds is 0. The van der Waals surface area contributed by atoms with Gasteiger partial charge in [-0.25, -0.2) is 0 Å². The Morgan fingerprint density at radius 2 is 0.863 bits per heavy atom. The quantitative estimate of drug-likeness (QED) is 0.155. The summed E-state index contributed by atoms with van der Waals surface area (Å²) >= 11 is 3.56. The molecule has 0 fully saturated rings. The molecule has 4 aromatic carbocycles. The number of aromatic nitrogens is 2. The van der Waals surface area contributed by atoms with E-state index in [9.17, 15) is 0 Å². The summed E-state index contributed by atoms with van der Waals surface area (Å²) in [6.45, 7) is 33.1. The van der Waals surface area contributed by atoms with Crippen LogP contribution in [0.15, 0.2) is 102 Å². The summed E-state index contributed by atoms with van der Waals surface area (Å²) in [6.07, 6.45) is 0. The van der Waals surface area contributed by atoms with Crippen molar-refractivity contribution < 1.29 is 0 Å². The van der Waals surface area contributed by atoms with Crippen molar-refractivity contribution in [3.05, 3.63) is 141 Å². The van der Waals surface area contributed by atoms with Gasteiger partial charge in [0.25, 0.3) is 0 Å². The van der Waals surface area contributed by atoms with Crippen LogP contribution < -0.4 is 0 Å². The molecular weight excluding hydrogens is 684 g/mol. The molecule has 0 amide bonds. The van der Waals surface area contributed by atoms with Crippen molar-refractivity contribution in [2.24, 2.45) is 0 Å². The monoisotopic (exact) mass is 750 g/mol. The van der Waals surface area contributed by atoms with E-state index < -0.39 is 0 Å². The van der Waals surface area contributed by atoms with E-state index in [1.807, 2.05) is 0 Å². The first-order valence-electron chi connectivity index (χ1n) is 18.0. The third kappa shape index (κ3) is 13.2. The van der Waals surface area contributed by atoms with Gasteiger partial charge in [-0.2, -0.15) is 0 Å². The molecule has 6 aromatic rings. The lowest BCUT2D eigenvalue weighted by Gasteiger charge is -2.18. The van der Waals surface area contributed by atoms with Crippen molar-refractivity contribution in [2.45, 2.75) is 133 Å². The van der Waals surface area contributed by atoms with Crippen LogP contribution in [0.25, 0.3) is 21.8 Å². The molecule has 0 unspecified atom stereocenters. The lowest BCUT2D eigenvalue weighted by molar-refractivity contribution is 0.574. The fourth-order valence-corrected chi connectivity index (χ4v) is 5.65. The second-order valence-corrected chi connectivity index (χ2v) is 18.7. The molecule has 51 heavy (non-hydrogen) atoms. The fourth-order valence-electron chi connectivity index (χ4n) is 5.31. The number of aryl methyl sites for hydroxylation is 3. The van der Waals surface area contributed by atoms with Crippen LogP contribution in [0.1, 0.15) is 130 Å². The second kappa shape index (κ2) is 17.3. The summed E-state index contributed by atoms with van der Waals surface area (Å²) in [4.78, 5) is 6.95. The first kappa shape index (κ1) is 43.6. The summed E-state index contributed by atoms with van der Waals surface area (Å²) in [6, 6.07) is 34.7. The first-order chi connectivity index (χ1) is 22.9. The first-order valence-corrected chi connectivity index (χ1v) is 18.8. The molecule has 2 aromatic heterocycles. The Kier molecular flexibility index (Phi) is 14.8. The van der Waals surface area contributed by atoms with Gasteiger partial charge in [-0.05, 0) is 89.6 Å². The van der Waals surface area contributed by atoms with E-state index in [0.29, 0.717) is 5.41 Å². The molecule has 0 aliphatic heterocycles. The Labute approximate surface area is 320 Å². The highest BCUT2D eigenvalue weighted by molar-refractivity contribution is 9.10. The van der Waals surface area contributed by atoms with Gasteiger partial charge >= 0.3 is 0 Å². The Hall–Kier alpha value is -3.56. The van der Waals surface area contributed by atoms with Crippen LogP contribution in [0.3, 0.4) is 0 Å².